The van der Waals surface area contributed by atoms with Crippen molar-refractivity contribution >= 4 is 65.8 Å². The first-order valence-electron chi connectivity index (χ1n) is 16.8. The van der Waals surface area contributed by atoms with Gasteiger partial charge in [0.25, 0.3) is 0 Å². The fourth-order valence-corrected chi connectivity index (χ4v) is 14.5. The van der Waals surface area contributed by atoms with Crippen molar-refractivity contribution in [1.82, 2.24) is 0 Å². The summed E-state index contributed by atoms with van der Waals surface area (Å²) >= 11 is 2.85. The van der Waals surface area contributed by atoms with Crippen LogP contribution in [0, 0.1) is 0 Å². The van der Waals surface area contributed by atoms with Crippen molar-refractivity contribution in [3.05, 3.63) is 109 Å². The normalized spacial score (nSPS) is 12.7. The van der Waals surface area contributed by atoms with Gasteiger partial charge in [-0.1, -0.05) is 0 Å². The Morgan fingerprint density at radius 3 is 1.47 bits per heavy atom. The van der Waals surface area contributed by atoms with Crippen LogP contribution in [0.25, 0.3) is 0 Å². The number of benzene rings is 4. The minimum atomic E-state index is -2.77. The van der Waals surface area contributed by atoms with Gasteiger partial charge < -0.3 is 9.47 Å². The third kappa shape index (κ3) is 10.4. The van der Waals surface area contributed by atoms with Gasteiger partial charge in [-0.05, 0) is 41.5 Å². The van der Waals surface area contributed by atoms with E-state index in [2.05, 4.69) is 124 Å². The fourth-order valence-electron chi connectivity index (χ4n) is 5.76. The average molecular weight is 797 g/mol. The summed E-state index contributed by atoms with van der Waals surface area (Å²) < 4.78 is 14.2. The Bertz CT molecular complexity index is 1570. The molecule has 7 nitrogen and oxygen atoms in total. The van der Waals surface area contributed by atoms with Crippen molar-refractivity contribution < 1.29 is 23.8 Å². The number of carbonyl (C=O) groups is 2. The molecule has 0 spiro atoms. The second kappa shape index (κ2) is 16.4. The summed E-state index contributed by atoms with van der Waals surface area (Å²) in [5.74, 6) is 0.579. The summed E-state index contributed by atoms with van der Waals surface area (Å²) in [6.45, 7) is 11.3. The van der Waals surface area contributed by atoms with E-state index in [0.29, 0.717) is 23.7 Å². The number of nitrogens with one attached hydrogen (secondary N) is 2. The van der Waals surface area contributed by atoms with Crippen molar-refractivity contribution in [3.8, 4) is 5.75 Å². The third-order valence-electron chi connectivity index (χ3n) is 7.89. The molecule has 0 atom stereocenters. The van der Waals surface area contributed by atoms with Crippen LogP contribution >= 0.6 is 26.3 Å². The summed E-state index contributed by atoms with van der Waals surface area (Å²) in [5.41, 5.74) is -0.618. The Hall–Kier alpha value is -3.62. The summed E-state index contributed by atoms with van der Waals surface area (Å²) in [4.78, 5) is 25.1. The minimum Gasteiger partial charge on any atom is -0.444 e. The van der Waals surface area contributed by atoms with E-state index >= 15 is 0 Å². The molecular weight excluding hydrogens is 746 g/mol. The van der Waals surface area contributed by atoms with Crippen molar-refractivity contribution in [2.24, 2.45) is 0 Å². The molecule has 0 unspecified atom stereocenters. The molecule has 0 bridgehead atoms. The van der Waals surface area contributed by atoms with Gasteiger partial charge in [-0.3, -0.25) is 0 Å². The zero-order valence-electron chi connectivity index (χ0n) is 29.5. The summed E-state index contributed by atoms with van der Waals surface area (Å²) in [7, 11) is 0. The Morgan fingerprint density at radius 2 is 1.02 bits per heavy atom. The maximum absolute atomic E-state index is 12.6. The van der Waals surface area contributed by atoms with E-state index in [4.69, 9.17) is 14.2 Å². The SMILES string of the molecule is CC(C)(C)OC(=O)Nc1ccc(OCCCCCCP(I)(c2ccccc2)(c2ccccc2)c2ccccc2)cc1NC(=O)OC(C)(C)C. The number of amides is 2. The van der Waals surface area contributed by atoms with Crippen LogP contribution in [0.1, 0.15) is 67.2 Å². The molecule has 4 aromatic carbocycles. The zero-order chi connectivity index (χ0) is 35.6. The molecule has 0 aliphatic heterocycles. The molecule has 0 saturated carbocycles. The molecule has 9 heteroatoms. The second-order valence-electron chi connectivity index (χ2n) is 14.1. The second-order valence-corrected chi connectivity index (χ2v) is 24.9. The number of carbonyl (C=O) groups excluding carboxylic acids is 2. The van der Waals surface area contributed by atoms with Crippen LogP contribution in [0.3, 0.4) is 0 Å². The average Bonchev–Trinajstić information content (AvgIpc) is 3.05. The Balaban J connectivity index is 1.42. The first kappa shape index (κ1) is 38.2. The van der Waals surface area contributed by atoms with E-state index in [0.717, 1.165) is 31.8 Å². The Morgan fingerprint density at radius 1 is 0.592 bits per heavy atom. The first-order valence-corrected chi connectivity index (χ1v) is 22.1. The van der Waals surface area contributed by atoms with Gasteiger partial charge in [0.2, 0.25) is 0 Å². The van der Waals surface area contributed by atoms with Crippen LogP contribution in [0.4, 0.5) is 21.0 Å². The molecule has 0 fully saturated rings. The van der Waals surface area contributed by atoms with Gasteiger partial charge in [0.15, 0.2) is 0 Å². The quantitative estimate of drug-likeness (QED) is 0.0800. The number of anilines is 2. The molecule has 4 rings (SSSR count). The molecule has 0 aliphatic rings. The van der Waals surface area contributed by atoms with Crippen LogP contribution in [0.5, 0.6) is 5.75 Å². The summed E-state index contributed by atoms with van der Waals surface area (Å²) in [5, 5.41) is 9.66. The number of rotatable bonds is 13. The molecule has 0 saturated heterocycles. The molecule has 262 valence electrons. The van der Waals surface area contributed by atoms with Crippen molar-refractivity contribution in [1.29, 1.82) is 0 Å². The predicted molar refractivity (Wildman–Crippen MR) is 214 cm³/mol. The molecule has 49 heavy (non-hydrogen) atoms. The van der Waals surface area contributed by atoms with Crippen LogP contribution in [0.2, 0.25) is 0 Å². The Labute approximate surface area is 304 Å². The van der Waals surface area contributed by atoms with Crippen molar-refractivity contribution in [2.45, 2.75) is 78.4 Å². The van der Waals surface area contributed by atoms with E-state index in [-0.39, 0.29) is 0 Å². The van der Waals surface area contributed by atoms with Gasteiger partial charge in [-0.2, -0.15) is 0 Å². The Kier molecular flexibility index (Phi) is 12.8. The maximum atomic E-state index is 12.6. The van der Waals surface area contributed by atoms with Crippen molar-refractivity contribution in [3.63, 3.8) is 0 Å². The van der Waals surface area contributed by atoms with Gasteiger partial charge >= 0.3 is 235 Å². The molecule has 0 heterocycles. The van der Waals surface area contributed by atoms with Crippen molar-refractivity contribution in [2.75, 3.05) is 23.4 Å². The van der Waals surface area contributed by atoms with Gasteiger partial charge in [0.1, 0.15) is 11.2 Å². The van der Waals surface area contributed by atoms with Crippen LogP contribution < -0.4 is 31.3 Å². The standard InChI is InChI=1S/C40H50IN2O5P/c1-39(2,3)47-37(44)42-35-27-26-31(30-36(35)43-38(45)48-40(4,5)6)46-28-18-7-8-19-29-49(41,32-20-12-9-13-21-32,33-22-14-10-15-23-33)34-24-16-11-17-25-34/h9-17,20-27,30H,7-8,18-19,28-29H2,1-6H3,(H,42,44)(H,43,45). The van der Waals surface area contributed by atoms with Crippen LogP contribution in [-0.2, 0) is 9.47 Å². The van der Waals surface area contributed by atoms with Crippen LogP contribution in [0.15, 0.2) is 109 Å². The van der Waals surface area contributed by atoms with Gasteiger partial charge in [-0.15, -0.1) is 0 Å². The van der Waals surface area contributed by atoms with E-state index in [1.54, 1.807) is 59.7 Å². The summed E-state index contributed by atoms with van der Waals surface area (Å²) in [6, 6.07) is 38.2. The van der Waals surface area contributed by atoms with Gasteiger partial charge in [0, 0.05) is 0 Å². The van der Waals surface area contributed by atoms with E-state index in [1.165, 1.54) is 15.9 Å². The number of hydrogen-bond acceptors (Lipinski definition) is 5. The molecule has 2 N–H and O–H groups in total. The smallest absolute Gasteiger partial charge is 0.444 e. The first-order chi connectivity index (χ1) is 23.2. The monoisotopic (exact) mass is 796 g/mol. The molecule has 0 aromatic heterocycles. The predicted octanol–water partition coefficient (Wildman–Crippen LogP) is 10.2. The number of halogens is 1. The number of ether oxygens (including phenoxy) is 3. The number of unbranched alkanes of at least 4 members (excludes halogenated alkanes) is 3. The van der Waals surface area contributed by atoms with Gasteiger partial charge in [0.05, 0.1) is 0 Å². The summed E-state index contributed by atoms with van der Waals surface area (Å²) in [6.07, 6.45) is 3.85. The van der Waals surface area contributed by atoms with E-state index < -0.39 is 27.6 Å². The van der Waals surface area contributed by atoms with E-state index in [9.17, 15) is 9.59 Å². The number of hydrogen-bond donors (Lipinski definition) is 2. The zero-order valence-corrected chi connectivity index (χ0v) is 32.6. The fraction of sp³-hybridized carbons (Fsp3) is 0.350. The molecular formula is C40H50IN2O5P. The molecule has 0 radical (unpaired) electrons. The third-order valence-corrected chi connectivity index (χ3v) is 19.6. The minimum absolute atomic E-state index is 0.355. The van der Waals surface area contributed by atoms with Gasteiger partial charge in [-0.25, -0.2) is 9.59 Å². The van der Waals surface area contributed by atoms with Crippen LogP contribution in [-0.4, -0.2) is 36.2 Å². The molecule has 2 amide bonds. The molecule has 0 aliphatic carbocycles. The molecule has 4 aromatic rings. The topological polar surface area (TPSA) is 85.9 Å². The van der Waals surface area contributed by atoms with E-state index in [1.807, 2.05) is 0 Å².